The number of oxime groups is 1. The van der Waals surface area contributed by atoms with Crippen LogP contribution in [0.1, 0.15) is 78.7 Å². The lowest BCUT2D eigenvalue weighted by molar-refractivity contribution is -0.139. The molecule has 1 saturated carbocycles. The van der Waals surface area contributed by atoms with E-state index in [0.717, 1.165) is 37.7 Å². The Labute approximate surface area is 218 Å². The van der Waals surface area contributed by atoms with Gasteiger partial charge in [-0.25, -0.2) is 0 Å². The smallest absolute Gasteiger partial charge is 0.416 e. The molecule has 37 heavy (non-hydrogen) atoms. The molecule has 0 bridgehead atoms. The van der Waals surface area contributed by atoms with Crippen molar-refractivity contribution in [3.63, 3.8) is 0 Å². The number of fused-ring (bicyclic) bond motifs is 1. The molecular weight excluding hydrogens is 509 g/mol. The van der Waals surface area contributed by atoms with Crippen molar-refractivity contribution in [2.24, 2.45) is 5.16 Å². The fourth-order valence-corrected chi connectivity index (χ4v) is 5.10. The van der Waals surface area contributed by atoms with Gasteiger partial charge in [-0.05, 0) is 53.6 Å². The van der Waals surface area contributed by atoms with E-state index in [2.05, 4.69) is 10.5 Å². The van der Waals surface area contributed by atoms with Crippen LogP contribution in [0.4, 0.5) is 13.2 Å². The molecule has 2 aromatic carbocycles. The van der Waals surface area contributed by atoms with Gasteiger partial charge < -0.3 is 20.0 Å². The molecule has 1 heterocycles. The van der Waals surface area contributed by atoms with E-state index in [1.54, 1.807) is 24.3 Å². The number of alkyl halides is 3. The largest absolute Gasteiger partial charge is 0.492 e. The van der Waals surface area contributed by atoms with Gasteiger partial charge in [0.15, 0.2) is 0 Å². The molecule has 2 aromatic rings. The van der Waals surface area contributed by atoms with Gasteiger partial charge in [-0.2, -0.15) is 13.2 Å². The van der Waals surface area contributed by atoms with Crippen molar-refractivity contribution in [2.45, 2.75) is 70.2 Å². The van der Waals surface area contributed by atoms with E-state index in [-0.39, 0.29) is 18.9 Å². The first-order valence-corrected chi connectivity index (χ1v) is 12.9. The van der Waals surface area contributed by atoms with Crippen LogP contribution in [-0.2, 0) is 29.0 Å². The number of carbonyl (C=O) groups is 1. The van der Waals surface area contributed by atoms with Gasteiger partial charge >= 0.3 is 12.1 Å². The summed E-state index contributed by atoms with van der Waals surface area (Å²) < 4.78 is 47.3. The molecule has 4 rings (SSSR count). The van der Waals surface area contributed by atoms with Crippen LogP contribution >= 0.6 is 11.6 Å². The predicted octanol–water partition coefficient (Wildman–Crippen LogP) is 6.67. The van der Waals surface area contributed by atoms with Crippen LogP contribution in [0.2, 0.25) is 5.02 Å². The minimum atomic E-state index is -4.43. The molecule has 1 fully saturated rings. The summed E-state index contributed by atoms with van der Waals surface area (Å²) in [4.78, 5) is 16.2. The standard InChI is InChI=1S/C27H30ClF3N2O4/c28-23-14-21-24(9-11-36-25(21)13-19(23)15-32-10-8-26(34)35)33-37-16-17-6-7-20(18-4-2-1-3-5-18)22(12-17)27(29,30)31/h6-7,12-14,18,32H,1-5,8-11,15-16H2,(H,34,35). The summed E-state index contributed by atoms with van der Waals surface area (Å²) in [6.07, 6.45) is 0.618. The predicted molar refractivity (Wildman–Crippen MR) is 134 cm³/mol. The molecule has 0 saturated heterocycles. The van der Waals surface area contributed by atoms with Crippen LogP contribution in [0.25, 0.3) is 0 Å². The quantitative estimate of drug-likeness (QED) is 0.275. The highest BCUT2D eigenvalue weighted by Gasteiger charge is 2.35. The lowest BCUT2D eigenvalue weighted by Gasteiger charge is -2.25. The average Bonchev–Trinajstić information content (AvgIpc) is 2.87. The second-order valence-electron chi connectivity index (χ2n) is 9.42. The number of nitrogens with one attached hydrogen (secondary N) is 1. The van der Waals surface area contributed by atoms with Gasteiger partial charge in [0.25, 0.3) is 0 Å². The highest BCUT2D eigenvalue weighted by molar-refractivity contribution is 6.32. The molecule has 0 atom stereocenters. The molecule has 0 radical (unpaired) electrons. The van der Waals surface area contributed by atoms with Gasteiger partial charge in [0.2, 0.25) is 0 Å². The van der Waals surface area contributed by atoms with Crippen LogP contribution in [0.15, 0.2) is 35.5 Å². The molecule has 2 aliphatic rings. The number of carboxylic acids is 1. The highest BCUT2D eigenvalue weighted by atomic mass is 35.5. The number of carboxylic acid groups (broad SMARTS) is 1. The Kier molecular flexibility index (Phi) is 8.97. The van der Waals surface area contributed by atoms with Crippen LogP contribution in [-0.4, -0.2) is 29.9 Å². The molecular formula is C27H30ClF3N2O4. The zero-order valence-electron chi connectivity index (χ0n) is 20.4. The Morgan fingerprint density at radius 2 is 1.97 bits per heavy atom. The average molecular weight is 539 g/mol. The Bertz CT molecular complexity index is 1150. The van der Waals surface area contributed by atoms with E-state index in [9.17, 15) is 18.0 Å². The maximum atomic E-state index is 13.8. The lowest BCUT2D eigenvalue weighted by atomic mass is 9.81. The first kappa shape index (κ1) is 27.3. The Morgan fingerprint density at radius 3 is 2.70 bits per heavy atom. The zero-order chi connectivity index (χ0) is 26.4. The van der Waals surface area contributed by atoms with Gasteiger partial charge in [-0.15, -0.1) is 0 Å². The number of benzene rings is 2. The van der Waals surface area contributed by atoms with Crippen LogP contribution in [0.5, 0.6) is 5.75 Å². The first-order valence-electron chi connectivity index (χ1n) is 12.5. The molecule has 0 unspecified atom stereocenters. The van der Waals surface area contributed by atoms with Crippen molar-refractivity contribution in [1.82, 2.24) is 5.32 Å². The molecule has 0 amide bonds. The molecule has 200 valence electrons. The van der Waals surface area contributed by atoms with Crippen LogP contribution in [0, 0.1) is 0 Å². The molecule has 1 aliphatic carbocycles. The number of hydrogen-bond donors (Lipinski definition) is 2. The van der Waals surface area contributed by atoms with E-state index in [0.29, 0.717) is 59.3 Å². The van der Waals surface area contributed by atoms with Gasteiger partial charge in [0.05, 0.1) is 24.3 Å². The van der Waals surface area contributed by atoms with Crippen molar-refractivity contribution in [2.75, 3.05) is 13.2 Å². The minimum absolute atomic E-state index is 0.000969. The third-order valence-corrected chi connectivity index (χ3v) is 7.11. The van der Waals surface area contributed by atoms with Crippen molar-refractivity contribution in [3.05, 3.63) is 63.2 Å². The first-order chi connectivity index (χ1) is 17.7. The van der Waals surface area contributed by atoms with E-state index in [1.165, 1.54) is 6.07 Å². The summed E-state index contributed by atoms with van der Waals surface area (Å²) >= 11 is 6.42. The second kappa shape index (κ2) is 12.2. The maximum absolute atomic E-state index is 13.8. The number of ether oxygens (including phenoxy) is 1. The lowest BCUT2D eigenvalue weighted by Crippen LogP contribution is -2.20. The number of rotatable bonds is 9. The van der Waals surface area contributed by atoms with Gasteiger partial charge in [0.1, 0.15) is 12.4 Å². The summed E-state index contributed by atoms with van der Waals surface area (Å²) in [5.41, 5.74) is 2.22. The second-order valence-corrected chi connectivity index (χ2v) is 9.83. The Balaban J connectivity index is 1.45. The molecule has 0 spiro atoms. The Morgan fingerprint density at radius 1 is 1.19 bits per heavy atom. The fraction of sp³-hybridized carbons (Fsp3) is 0.481. The summed E-state index contributed by atoms with van der Waals surface area (Å²) in [5.74, 6) is -0.367. The highest BCUT2D eigenvalue weighted by Crippen LogP contribution is 2.41. The molecule has 0 aromatic heterocycles. The van der Waals surface area contributed by atoms with E-state index >= 15 is 0 Å². The van der Waals surface area contributed by atoms with Gasteiger partial charge in [0, 0.05) is 30.1 Å². The van der Waals surface area contributed by atoms with Crippen LogP contribution in [0.3, 0.4) is 0 Å². The van der Waals surface area contributed by atoms with Crippen molar-refractivity contribution in [3.8, 4) is 5.75 Å². The normalized spacial score (nSPS) is 17.4. The number of nitrogens with zero attached hydrogens (tertiary/aromatic N) is 1. The van der Waals surface area contributed by atoms with E-state index < -0.39 is 17.7 Å². The molecule has 1 aliphatic heterocycles. The summed E-state index contributed by atoms with van der Waals surface area (Å²) in [6, 6.07) is 7.97. The fourth-order valence-electron chi connectivity index (χ4n) is 4.87. The van der Waals surface area contributed by atoms with Crippen molar-refractivity contribution < 1.29 is 32.6 Å². The monoisotopic (exact) mass is 538 g/mol. The molecule has 2 N–H and O–H groups in total. The van der Waals surface area contributed by atoms with E-state index in [4.69, 9.17) is 26.3 Å². The molecule has 6 nitrogen and oxygen atoms in total. The van der Waals surface area contributed by atoms with Gasteiger partial charge in [-0.1, -0.05) is 48.2 Å². The number of halogens is 4. The Hall–Kier alpha value is -2.78. The topological polar surface area (TPSA) is 80.2 Å². The number of aliphatic carboxylic acids is 1. The summed E-state index contributed by atoms with van der Waals surface area (Å²) in [6.45, 7) is 0.968. The zero-order valence-corrected chi connectivity index (χ0v) is 21.1. The molecule has 10 heteroatoms. The van der Waals surface area contributed by atoms with Crippen molar-refractivity contribution >= 4 is 23.3 Å². The maximum Gasteiger partial charge on any atom is 0.416 e. The third-order valence-electron chi connectivity index (χ3n) is 6.76. The van der Waals surface area contributed by atoms with Crippen LogP contribution < -0.4 is 10.1 Å². The van der Waals surface area contributed by atoms with E-state index in [1.807, 2.05) is 0 Å². The van der Waals surface area contributed by atoms with Crippen molar-refractivity contribution in [1.29, 1.82) is 0 Å². The summed E-state index contributed by atoms with van der Waals surface area (Å²) in [7, 11) is 0. The summed E-state index contributed by atoms with van der Waals surface area (Å²) in [5, 5.41) is 16.4. The minimum Gasteiger partial charge on any atom is -0.492 e. The SMILES string of the molecule is O=C(O)CCNCc1cc2c(cc1Cl)C(=NOCc1ccc(C3CCCCC3)c(C(F)(F)F)c1)CCO2. The number of hydrogen-bond acceptors (Lipinski definition) is 5. The third kappa shape index (κ3) is 7.17. The van der Waals surface area contributed by atoms with Gasteiger partial charge in [-0.3, -0.25) is 4.79 Å².